The highest BCUT2D eigenvalue weighted by Crippen LogP contribution is 2.22. The number of likely N-dealkylation sites (tertiary alicyclic amines) is 1. The van der Waals surface area contributed by atoms with Crippen molar-refractivity contribution in [2.24, 2.45) is 11.7 Å². The Morgan fingerprint density at radius 3 is 3.00 bits per heavy atom. The summed E-state index contributed by atoms with van der Waals surface area (Å²) in [5.41, 5.74) is 7.67. The first-order chi connectivity index (χ1) is 9.65. The van der Waals surface area contributed by atoms with E-state index in [9.17, 15) is 4.79 Å². The highest BCUT2D eigenvalue weighted by molar-refractivity contribution is 5.98. The molecule has 1 aromatic heterocycles. The molecule has 1 amide bonds. The second kappa shape index (κ2) is 5.29. The van der Waals surface area contributed by atoms with Gasteiger partial charge in [-0.05, 0) is 37.8 Å². The summed E-state index contributed by atoms with van der Waals surface area (Å²) >= 11 is 0. The number of rotatable bonds is 2. The third kappa shape index (κ3) is 2.43. The third-order valence-electron chi connectivity index (χ3n) is 4.25. The minimum atomic E-state index is 0.0894. The molecule has 3 rings (SSSR count). The molecule has 1 aliphatic rings. The van der Waals surface area contributed by atoms with E-state index in [0.29, 0.717) is 11.6 Å². The molecule has 0 radical (unpaired) electrons. The Balaban J connectivity index is 1.81. The minimum Gasteiger partial charge on any atom is -0.351 e. The molecular formula is C16H21N3O. The second-order valence-corrected chi connectivity index (χ2v) is 5.78. The molecular weight excluding hydrogens is 250 g/mol. The Kier molecular flexibility index (Phi) is 3.49. The molecule has 0 bridgehead atoms. The fourth-order valence-corrected chi connectivity index (χ4v) is 2.98. The van der Waals surface area contributed by atoms with Gasteiger partial charge in [-0.3, -0.25) is 4.79 Å². The van der Waals surface area contributed by atoms with Crippen LogP contribution in [-0.2, 0) is 0 Å². The topological polar surface area (TPSA) is 62.1 Å². The minimum absolute atomic E-state index is 0.0894. The van der Waals surface area contributed by atoms with Crippen molar-refractivity contribution >= 4 is 16.8 Å². The van der Waals surface area contributed by atoms with E-state index in [-0.39, 0.29) is 11.9 Å². The smallest absolute Gasteiger partial charge is 0.270 e. The van der Waals surface area contributed by atoms with Crippen molar-refractivity contribution in [1.29, 1.82) is 0 Å². The first kappa shape index (κ1) is 13.2. The first-order valence-electron chi connectivity index (χ1n) is 7.28. The molecule has 20 heavy (non-hydrogen) atoms. The maximum atomic E-state index is 12.6. The Morgan fingerprint density at radius 2 is 2.25 bits per heavy atom. The Bertz CT molecular complexity index is 584. The normalized spacial score (nSPS) is 21.1. The molecule has 0 spiro atoms. The molecule has 1 aliphatic heterocycles. The number of hydrogen-bond acceptors (Lipinski definition) is 2. The second-order valence-electron chi connectivity index (χ2n) is 5.78. The summed E-state index contributed by atoms with van der Waals surface area (Å²) in [5, 5.41) is 1.08. The zero-order valence-electron chi connectivity index (χ0n) is 11.8. The highest BCUT2D eigenvalue weighted by atomic mass is 16.2. The number of fused-ring (bicyclic) bond motifs is 1. The summed E-state index contributed by atoms with van der Waals surface area (Å²) in [4.78, 5) is 17.7. The average Bonchev–Trinajstić information content (AvgIpc) is 2.90. The molecule has 0 saturated carbocycles. The van der Waals surface area contributed by atoms with E-state index in [2.05, 4.69) is 4.98 Å². The summed E-state index contributed by atoms with van der Waals surface area (Å²) in [6, 6.07) is 10.1. The number of amides is 1. The molecule has 4 heteroatoms. The van der Waals surface area contributed by atoms with E-state index >= 15 is 0 Å². The number of aromatic amines is 1. The van der Waals surface area contributed by atoms with Gasteiger partial charge in [0, 0.05) is 30.0 Å². The lowest BCUT2D eigenvalue weighted by atomic mass is 9.92. The van der Waals surface area contributed by atoms with Crippen molar-refractivity contribution in [2.45, 2.75) is 25.8 Å². The van der Waals surface area contributed by atoms with Crippen LogP contribution in [-0.4, -0.2) is 34.9 Å². The monoisotopic (exact) mass is 271 g/mol. The molecule has 1 fully saturated rings. The third-order valence-corrected chi connectivity index (χ3v) is 4.25. The van der Waals surface area contributed by atoms with Crippen molar-refractivity contribution in [2.75, 3.05) is 13.1 Å². The summed E-state index contributed by atoms with van der Waals surface area (Å²) in [5.74, 6) is 0.503. The van der Waals surface area contributed by atoms with Crippen LogP contribution < -0.4 is 5.73 Å². The molecule has 1 saturated heterocycles. The number of piperidine rings is 1. The number of H-pyrrole nitrogens is 1. The van der Waals surface area contributed by atoms with Crippen LogP contribution in [0.1, 0.15) is 30.3 Å². The van der Waals surface area contributed by atoms with Crippen LogP contribution in [0.25, 0.3) is 10.9 Å². The van der Waals surface area contributed by atoms with Gasteiger partial charge in [-0.2, -0.15) is 0 Å². The molecule has 4 nitrogen and oxygen atoms in total. The van der Waals surface area contributed by atoms with Crippen molar-refractivity contribution in [1.82, 2.24) is 9.88 Å². The van der Waals surface area contributed by atoms with E-state index in [1.807, 2.05) is 42.2 Å². The van der Waals surface area contributed by atoms with Crippen molar-refractivity contribution < 1.29 is 4.79 Å². The van der Waals surface area contributed by atoms with Crippen LogP contribution in [0.15, 0.2) is 30.3 Å². The standard InChI is InChI=1S/C16H21N3O/c1-11(17)13-6-4-8-19(10-13)16(20)15-9-12-5-2-3-7-14(12)18-15/h2-3,5,7,9,11,13,18H,4,6,8,10,17H2,1H3. The number of aromatic nitrogens is 1. The number of para-hydroxylation sites is 1. The molecule has 0 aliphatic carbocycles. The van der Waals surface area contributed by atoms with Crippen LogP contribution in [0.5, 0.6) is 0 Å². The van der Waals surface area contributed by atoms with E-state index in [1.165, 1.54) is 0 Å². The molecule has 2 aromatic rings. The highest BCUT2D eigenvalue weighted by Gasteiger charge is 2.27. The largest absolute Gasteiger partial charge is 0.351 e. The summed E-state index contributed by atoms with van der Waals surface area (Å²) < 4.78 is 0. The van der Waals surface area contributed by atoms with Crippen molar-refractivity contribution in [3.8, 4) is 0 Å². The maximum absolute atomic E-state index is 12.6. The quantitative estimate of drug-likeness (QED) is 0.881. The lowest BCUT2D eigenvalue weighted by Crippen LogP contribution is -2.45. The van der Waals surface area contributed by atoms with E-state index in [1.54, 1.807) is 0 Å². The number of nitrogens with one attached hydrogen (secondary N) is 1. The molecule has 2 atom stereocenters. The number of nitrogens with zero attached hydrogens (tertiary/aromatic N) is 1. The summed E-state index contributed by atoms with van der Waals surface area (Å²) in [7, 11) is 0. The van der Waals surface area contributed by atoms with E-state index in [4.69, 9.17) is 5.73 Å². The van der Waals surface area contributed by atoms with Gasteiger partial charge in [0.25, 0.3) is 5.91 Å². The zero-order chi connectivity index (χ0) is 14.1. The predicted molar refractivity (Wildman–Crippen MR) is 80.6 cm³/mol. The molecule has 1 aromatic carbocycles. The van der Waals surface area contributed by atoms with E-state index < -0.39 is 0 Å². The van der Waals surface area contributed by atoms with Crippen LogP contribution in [0.2, 0.25) is 0 Å². The van der Waals surface area contributed by atoms with Crippen molar-refractivity contribution in [3.63, 3.8) is 0 Å². The number of nitrogens with two attached hydrogens (primary N) is 1. The fraction of sp³-hybridized carbons (Fsp3) is 0.438. The number of carbonyl (C=O) groups is 1. The summed E-state index contributed by atoms with van der Waals surface area (Å²) in [6.45, 7) is 3.63. The van der Waals surface area contributed by atoms with Crippen molar-refractivity contribution in [3.05, 3.63) is 36.0 Å². The Labute approximate surface area is 118 Å². The molecule has 106 valence electrons. The van der Waals surface area contributed by atoms with Crippen LogP contribution in [0, 0.1) is 5.92 Å². The summed E-state index contributed by atoms with van der Waals surface area (Å²) in [6.07, 6.45) is 2.16. The maximum Gasteiger partial charge on any atom is 0.270 e. The number of carbonyl (C=O) groups excluding carboxylic acids is 1. The average molecular weight is 271 g/mol. The van der Waals surface area contributed by atoms with Gasteiger partial charge in [0.2, 0.25) is 0 Å². The van der Waals surface area contributed by atoms with Gasteiger partial charge in [-0.1, -0.05) is 18.2 Å². The SMILES string of the molecule is CC(N)C1CCCN(C(=O)c2cc3ccccc3[nH]2)C1. The van der Waals surface area contributed by atoms with Gasteiger partial charge in [0.15, 0.2) is 0 Å². The van der Waals surface area contributed by atoms with Crippen LogP contribution >= 0.6 is 0 Å². The van der Waals surface area contributed by atoms with Crippen LogP contribution in [0.4, 0.5) is 0 Å². The Morgan fingerprint density at radius 1 is 1.45 bits per heavy atom. The van der Waals surface area contributed by atoms with Gasteiger partial charge in [-0.15, -0.1) is 0 Å². The lowest BCUT2D eigenvalue weighted by molar-refractivity contribution is 0.0656. The first-order valence-corrected chi connectivity index (χ1v) is 7.28. The Hall–Kier alpha value is -1.81. The van der Waals surface area contributed by atoms with Gasteiger partial charge >= 0.3 is 0 Å². The lowest BCUT2D eigenvalue weighted by Gasteiger charge is -2.34. The van der Waals surface area contributed by atoms with E-state index in [0.717, 1.165) is 36.8 Å². The number of benzene rings is 1. The predicted octanol–water partition coefficient (Wildman–Crippen LogP) is 2.37. The molecule has 2 heterocycles. The number of hydrogen-bond donors (Lipinski definition) is 2. The van der Waals surface area contributed by atoms with Gasteiger partial charge in [0.1, 0.15) is 5.69 Å². The zero-order valence-corrected chi connectivity index (χ0v) is 11.8. The van der Waals surface area contributed by atoms with Crippen LogP contribution in [0.3, 0.4) is 0 Å². The molecule has 2 unspecified atom stereocenters. The van der Waals surface area contributed by atoms with Gasteiger partial charge in [-0.25, -0.2) is 0 Å². The van der Waals surface area contributed by atoms with Gasteiger partial charge < -0.3 is 15.6 Å². The fourth-order valence-electron chi connectivity index (χ4n) is 2.98. The van der Waals surface area contributed by atoms with Gasteiger partial charge in [0.05, 0.1) is 0 Å². The molecule has 3 N–H and O–H groups in total.